The van der Waals surface area contributed by atoms with Gasteiger partial charge >= 0.3 is 0 Å². The molecule has 0 aromatic heterocycles. The average molecular weight is 518 g/mol. The summed E-state index contributed by atoms with van der Waals surface area (Å²) in [5.74, 6) is -1.30. The van der Waals surface area contributed by atoms with Crippen LogP contribution in [0.15, 0.2) is 59.6 Å². The van der Waals surface area contributed by atoms with Crippen molar-refractivity contribution in [2.45, 2.75) is 39.3 Å². The number of nitrogens with zero attached hydrogens (tertiary/aromatic N) is 2. The van der Waals surface area contributed by atoms with Crippen LogP contribution in [0.3, 0.4) is 0 Å². The van der Waals surface area contributed by atoms with Gasteiger partial charge in [-0.15, -0.1) is 0 Å². The number of phenolic OH excluding ortho intramolecular Hbond substituents is 1. The van der Waals surface area contributed by atoms with Gasteiger partial charge in [0.05, 0.1) is 17.9 Å². The van der Waals surface area contributed by atoms with Crippen LogP contribution in [0, 0.1) is 17.6 Å². The Balaban J connectivity index is 1.29. The van der Waals surface area contributed by atoms with Crippen LogP contribution in [0.25, 0.3) is 0 Å². The normalized spacial score (nSPS) is 17.1. The lowest BCUT2D eigenvalue weighted by atomic mass is 9.89. The van der Waals surface area contributed by atoms with E-state index in [1.165, 1.54) is 31.2 Å². The molecule has 0 radical (unpaired) electrons. The molecule has 2 aliphatic rings. The molecular formula is C30H29F2N3O3. The Morgan fingerprint density at radius 3 is 2.66 bits per heavy atom. The molecule has 3 aromatic rings. The van der Waals surface area contributed by atoms with E-state index in [2.05, 4.69) is 10.3 Å². The number of carbonyl (C=O) groups excluding carboxylic acids is 2. The fourth-order valence-corrected chi connectivity index (χ4v) is 5.33. The van der Waals surface area contributed by atoms with Gasteiger partial charge in [0, 0.05) is 48.7 Å². The van der Waals surface area contributed by atoms with Crippen molar-refractivity contribution >= 4 is 23.1 Å². The Morgan fingerprint density at radius 1 is 1.11 bits per heavy atom. The topological polar surface area (TPSA) is 82.0 Å². The third-order valence-electron chi connectivity index (χ3n) is 7.20. The number of fused-ring (bicyclic) bond motifs is 1. The summed E-state index contributed by atoms with van der Waals surface area (Å²) in [7, 11) is 0. The van der Waals surface area contributed by atoms with Crippen molar-refractivity contribution in [3.05, 3.63) is 94.0 Å². The van der Waals surface area contributed by atoms with Crippen LogP contribution in [-0.4, -0.2) is 40.5 Å². The highest BCUT2D eigenvalue weighted by Gasteiger charge is 2.26. The zero-order valence-corrected chi connectivity index (χ0v) is 21.1. The number of phenols is 1. The Morgan fingerprint density at radius 2 is 1.89 bits per heavy atom. The first-order valence-electron chi connectivity index (χ1n) is 12.8. The first kappa shape index (κ1) is 25.7. The molecule has 0 bridgehead atoms. The van der Waals surface area contributed by atoms with Gasteiger partial charge in [-0.2, -0.15) is 0 Å². The minimum absolute atomic E-state index is 0.0209. The summed E-state index contributed by atoms with van der Waals surface area (Å²) in [4.78, 5) is 31.5. The molecule has 2 aliphatic heterocycles. The van der Waals surface area contributed by atoms with Gasteiger partial charge in [0.15, 0.2) is 5.78 Å². The van der Waals surface area contributed by atoms with Crippen molar-refractivity contribution in [3.63, 3.8) is 0 Å². The summed E-state index contributed by atoms with van der Waals surface area (Å²) >= 11 is 0. The fraction of sp³-hybridized carbons (Fsp3) is 0.300. The number of nitrogens with one attached hydrogen (secondary N) is 1. The Hall–Kier alpha value is -3.91. The maximum atomic E-state index is 14.1. The minimum atomic E-state index is -0.545. The molecule has 196 valence electrons. The Bertz CT molecular complexity index is 1420. The Labute approximate surface area is 220 Å². The van der Waals surface area contributed by atoms with E-state index in [9.17, 15) is 23.5 Å². The molecule has 0 unspecified atom stereocenters. The molecule has 1 atom stereocenters. The molecule has 1 saturated heterocycles. The molecule has 0 saturated carbocycles. The van der Waals surface area contributed by atoms with Crippen LogP contribution in [-0.2, 0) is 17.9 Å². The van der Waals surface area contributed by atoms with Crippen molar-refractivity contribution in [2.75, 3.05) is 18.4 Å². The number of piperidine rings is 1. The standard InChI is InChI=1S/C30H29F2N3O3/c1-18(36)34-27-14-21(9-10-28(27)37)30-23-13-20(7-8-22(23)15-33-30)29(38)12-19-4-3-11-35(16-19)17-24-25(31)5-2-6-26(24)32/h2,5-10,13-14,19,37H,3-4,11-12,15-17H2,1H3,(H,34,36)/t19-/m0/s1. The largest absolute Gasteiger partial charge is 0.506 e. The monoisotopic (exact) mass is 517 g/mol. The number of anilines is 1. The van der Waals surface area contributed by atoms with E-state index in [1.54, 1.807) is 12.1 Å². The van der Waals surface area contributed by atoms with Crippen molar-refractivity contribution < 1.29 is 23.5 Å². The maximum absolute atomic E-state index is 14.1. The predicted octanol–water partition coefficient (Wildman–Crippen LogP) is 5.46. The van der Waals surface area contributed by atoms with Crippen LogP contribution in [0.1, 0.15) is 58.8 Å². The first-order valence-corrected chi connectivity index (χ1v) is 12.8. The smallest absolute Gasteiger partial charge is 0.221 e. The van der Waals surface area contributed by atoms with E-state index in [1.807, 2.05) is 23.1 Å². The molecular weight excluding hydrogens is 488 g/mol. The SMILES string of the molecule is CC(=O)Nc1cc(C2=NCc3ccc(C(=O)C[C@@H]4CCCN(Cc5c(F)cccc5F)C4)cc32)ccc1O. The highest BCUT2D eigenvalue weighted by molar-refractivity contribution is 6.16. The lowest BCUT2D eigenvalue weighted by Crippen LogP contribution is -2.36. The third kappa shape index (κ3) is 5.50. The number of rotatable bonds is 7. The van der Waals surface area contributed by atoms with E-state index in [0.717, 1.165) is 36.1 Å². The van der Waals surface area contributed by atoms with Crippen LogP contribution in [0.2, 0.25) is 0 Å². The molecule has 1 fully saturated rings. The van der Waals surface area contributed by atoms with Gasteiger partial charge in [-0.3, -0.25) is 19.5 Å². The van der Waals surface area contributed by atoms with E-state index < -0.39 is 11.6 Å². The van der Waals surface area contributed by atoms with E-state index in [4.69, 9.17) is 0 Å². The number of benzene rings is 3. The van der Waals surface area contributed by atoms with Gasteiger partial charge in [0.25, 0.3) is 0 Å². The predicted molar refractivity (Wildman–Crippen MR) is 142 cm³/mol. The van der Waals surface area contributed by atoms with Crippen LogP contribution in [0.5, 0.6) is 5.75 Å². The molecule has 1 amide bonds. The summed E-state index contributed by atoms with van der Waals surface area (Å²) in [5, 5.41) is 12.7. The summed E-state index contributed by atoms with van der Waals surface area (Å²) in [6.45, 7) is 3.39. The lowest BCUT2D eigenvalue weighted by molar-refractivity contribution is -0.114. The summed E-state index contributed by atoms with van der Waals surface area (Å²) in [6.07, 6.45) is 2.11. The quantitative estimate of drug-likeness (QED) is 0.322. The number of carbonyl (C=O) groups is 2. The molecule has 6 nitrogen and oxygen atoms in total. The number of hydrogen-bond acceptors (Lipinski definition) is 5. The molecule has 8 heteroatoms. The number of halogens is 2. The van der Waals surface area contributed by atoms with Crippen molar-refractivity contribution in [3.8, 4) is 5.75 Å². The summed E-state index contributed by atoms with van der Waals surface area (Å²) in [5.41, 5.74) is 4.26. The average Bonchev–Trinajstić information content (AvgIpc) is 3.31. The number of ketones is 1. The Kier molecular flexibility index (Phi) is 7.33. The number of aromatic hydroxyl groups is 1. The molecule has 2 N–H and O–H groups in total. The van der Waals surface area contributed by atoms with Gasteiger partial charge in [0.2, 0.25) is 5.91 Å². The van der Waals surface area contributed by atoms with E-state index in [0.29, 0.717) is 36.5 Å². The second kappa shape index (κ2) is 10.8. The summed E-state index contributed by atoms with van der Waals surface area (Å²) in [6, 6.07) is 14.4. The van der Waals surface area contributed by atoms with E-state index in [-0.39, 0.29) is 35.5 Å². The number of Topliss-reactive ketones (excluding diaryl/α,β-unsaturated/α-hetero) is 1. The van der Waals surface area contributed by atoms with Crippen LogP contribution in [0.4, 0.5) is 14.5 Å². The lowest BCUT2D eigenvalue weighted by Gasteiger charge is -2.32. The van der Waals surface area contributed by atoms with Crippen molar-refractivity contribution in [1.29, 1.82) is 0 Å². The van der Waals surface area contributed by atoms with Crippen LogP contribution < -0.4 is 5.32 Å². The molecule has 38 heavy (non-hydrogen) atoms. The van der Waals surface area contributed by atoms with Crippen molar-refractivity contribution in [1.82, 2.24) is 4.90 Å². The minimum Gasteiger partial charge on any atom is -0.506 e. The third-order valence-corrected chi connectivity index (χ3v) is 7.20. The van der Waals surface area contributed by atoms with Gasteiger partial charge in [-0.05, 0) is 67.3 Å². The molecule has 3 aromatic carbocycles. The first-order chi connectivity index (χ1) is 18.3. The van der Waals surface area contributed by atoms with Crippen molar-refractivity contribution in [2.24, 2.45) is 10.9 Å². The van der Waals surface area contributed by atoms with Gasteiger partial charge in [0.1, 0.15) is 17.4 Å². The van der Waals surface area contributed by atoms with Crippen LogP contribution >= 0.6 is 0 Å². The molecule has 2 heterocycles. The number of amides is 1. The highest BCUT2D eigenvalue weighted by Crippen LogP contribution is 2.31. The second-order valence-corrected chi connectivity index (χ2v) is 10.0. The number of likely N-dealkylation sites (tertiary alicyclic amines) is 1. The molecule has 0 spiro atoms. The fourth-order valence-electron chi connectivity index (χ4n) is 5.33. The highest BCUT2D eigenvalue weighted by atomic mass is 19.1. The maximum Gasteiger partial charge on any atom is 0.221 e. The number of hydrogen-bond donors (Lipinski definition) is 2. The summed E-state index contributed by atoms with van der Waals surface area (Å²) < 4.78 is 28.3. The van der Waals surface area contributed by atoms with E-state index >= 15 is 0 Å². The zero-order valence-electron chi connectivity index (χ0n) is 21.1. The van der Waals surface area contributed by atoms with Gasteiger partial charge in [-0.25, -0.2) is 8.78 Å². The molecule has 5 rings (SSSR count). The van der Waals surface area contributed by atoms with Gasteiger partial charge in [-0.1, -0.05) is 18.2 Å². The second-order valence-electron chi connectivity index (χ2n) is 10.0. The zero-order chi connectivity index (χ0) is 26.8. The van der Waals surface area contributed by atoms with Gasteiger partial charge < -0.3 is 10.4 Å². The molecule has 0 aliphatic carbocycles. The number of aliphatic imine (C=N–C) groups is 1.